The highest BCUT2D eigenvalue weighted by molar-refractivity contribution is 6.32. The summed E-state index contributed by atoms with van der Waals surface area (Å²) in [5.41, 5.74) is 1.15. The predicted molar refractivity (Wildman–Crippen MR) is 109 cm³/mol. The zero-order chi connectivity index (χ0) is 21.4. The minimum absolute atomic E-state index is 0.0722. The van der Waals surface area contributed by atoms with Crippen molar-refractivity contribution in [1.82, 2.24) is 0 Å². The summed E-state index contributed by atoms with van der Waals surface area (Å²) in [5, 5.41) is 2.79. The molecule has 29 heavy (non-hydrogen) atoms. The van der Waals surface area contributed by atoms with Crippen LogP contribution in [0.2, 0.25) is 5.02 Å². The molecule has 2 aromatic carbocycles. The first-order valence-corrected chi connectivity index (χ1v) is 9.31. The molecule has 8 heteroatoms. The van der Waals surface area contributed by atoms with Crippen molar-refractivity contribution in [3.8, 4) is 11.5 Å². The number of methoxy groups -OCH3 is 1. The van der Waals surface area contributed by atoms with Gasteiger partial charge in [0.2, 0.25) is 0 Å². The number of amides is 1. The van der Waals surface area contributed by atoms with Gasteiger partial charge >= 0.3 is 5.97 Å². The largest absolute Gasteiger partial charge is 0.493 e. The van der Waals surface area contributed by atoms with E-state index in [9.17, 15) is 14.4 Å². The Morgan fingerprint density at radius 3 is 2.34 bits per heavy atom. The summed E-state index contributed by atoms with van der Waals surface area (Å²) in [4.78, 5) is 35.5. The zero-order valence-electron chi connectivity index (χ0n) is 16.4. The highest BCUT2D eigenvalue weighted by atomic mass is 35.5. The van der Waals surface area contributed by atoms with E-state index in [1.54, 1.807) is 24.3 Å². The van der Waals surface area contributed by atoms with Crippen LogP contribution in [0.15, 0.2) is 36.4 Å². The monoisotopic (exact) mass is 419 g/mol. The van der Waals surface area contributed by atoms with Crippen LogP contribution in [0, 0.1) is 0 Å². The zero-order valence-corrected chi connectivity index (χ0v) is 17.2. The molecule has 2 aromatic rings. The molecular formula is C21H22ClNO6. The Morgan fingerprint density at radius 2 is 1.76 bits per heavy atom. The second-order valence-corrected chi connectivity index (χ2v) is 6.50. The molecule has 0 aliphatic heterocycles. The van der Waals surface area contributed by atoms with Crippen LogP contribution in [0.1, 0.15) is 41.0 Å². The van der Waals surface area contributed by atoms with Crippen LogP contribution in [0.25, 0.3) is 0 Å². The predicted octanol–water partition coefficient (Wildman–Crippen LogP) is 4.14. The Kier molecular flexibility index (Phi) is 8.03. The molecule has 0 atom stereocenters. The molecule has 7 nitrogen and oxygen atoms in total. The number of Topliss-reactive ketones (excluding diaryl/α,β-unsaturated/α-hetero) is 1. The molecule has 0 unspecified atom stereocenters. The third-order valence-corrected chi connectivity index (χ3v) is 4.11. The summed E-state index contributed by atoms with van der Waals surface area (Å²) in [5.74, 6) is -0.673. The van der Waals surface area contributed by atoms with Crippen LogP contribution >= 0.6 is 11.6 Å². The molecule has 0 radical (unpaired) electrons. The fraction of sp³-hybridized carbons (Fsp3) is 0.286. The van der Waals surface area contributed by atoms with Crippen molar-refractivity contribution in [2.75, 3.05) is 25.6 Å². The molecule has 0 spiro atoms. The van der Waals surface area contributed by atoms with E-state index in [0.29, 0.717) is 29.4 Å². The maximum atomic E-state index is 12.3. The number of hydrogen-bond donors (Lipinski definition) is 1. The molecule has 2 rings (SSSR count). The van der Waals surface area contributed by atoms with Crippen LogP contribution in [-0.4, -0.2) is 38.0 Å². The Morgan fingerprint density at radius 1 is 1.07 bits per heavy atom. The highest BCUT2D eigenvalue weighted by Gasteiger charge is 2.18. The van der Waals surface area contributed by atoms with Crippen molar-refractivity contribution in [1.29, 1.82) is 0 Å². The van der Waals surface area contributed by atoms with Gasteiger partial charge in [0.05, 0.1) is 24.3 Å². The van der Waals surface area contributed by atoms with E-state index in [1.807, 2.05) is 6.92 Å². The molecule has 0 fully saturated rings. The SMILES string of the molecule is CCCOc1c(Cl)cc(C(=O)OCC(=O)Nc2ccc(C(C)=O)cc2)cc1OC. The molecular weight excluding hydrogens is 398 g/mol. The van der Waals surface area contributed by atoms with Crippen LogP contribution in [0.4, 0.5) is 5.69 Å². The van der Waals surface area contributed by atoms with E-state index in [0.717, 1.165) is 6.42 Å². The van der Waals surface area contributed by atoms with Gasteiger partial charge < -0.3 is 19.5 Å². The first-order valence-electron chi connectivity index (χ1n) is 8.94. The van der Waals surface area contributed by atoms with Crippen molar-refractivity contribution in [2.24, 2.45) is 0 Å². The van der Waals surface area contributed by atoms with E-state index in [1.165, 1.54) is 26.2 Å². The minimum atomic E-state index is -0.727. The lowest BCUT2D eigenvalue weighted by Gasteiger charge is -2.13. The number of nitrogens with one attached hydrogen (secondary N) is 1. The molecule has 154 valence electrons. The average Bonchev–Trinajstić information content (AvgIpc) is 2.70. The van der Waals surface area contributed by atoms with Crippen molar-refractivity contribution >= 4 is 34.9 Å². The number of ether oxygens (including phenoxy) is 3. The van der Waals surface area contributed by atoms with E-state index in [4.69, 9.17) is 25.8 Å². The molecule has 0 aromatic heterocycles. The van der Waals surface area contributed by atoms with E-state index >= 15 is 0 Å². The summed E-state index contributed by atoms with van der Waals surface area (Å²) in [6.45, 7) is 3.38. The molecule has 0 heterocycles. The smallest absolute Gasteiger partial charge is 0.338 e. The number of benzene rings is 2. The molecule has 0 aliphatic carbocycles. The van der Waals surface area contributed by atoms with Crippen LogP contribution in [-0.2, 0) is 9.53 Å². The van der Waals surface area contributed by atoms with Gasteiger partial charge in [0.25, 0.3) is 5.91 Å². The standard InChI is InChI=1S/C21H22ClNO6/c1-4-9-28-20-17(22)10-15(11-18(20)27-3)21(26)29-12-19(25)23-16-7-5-14(6-8-16)13(2)24/h5-8,10-11H,4,9,12H2,1-3H3,(H,23,25). The quantitative estimate of drug-likeness (QED) is 0.485. The lowest BCUT2D eigenvalue weighted by molar-refractivity contribution is -0.119. The third-order valence-electron chi connectivity index (χ3n) is 3.83. The average molecular weight is 420 g/mol. The maximum Gasteiger partial charge on any atom is 0.338 e. The topological polar surface area (TPSA) is 90.9 Å². The van der Waals surface area contributed by atoms with Gasteiger partial charge in [-0.1, -0.05) is 18.5 Å². The van der Waals surface area contributed by atoms with Gasteiger partial charge in [-0.15, -0.1) is 0 Å². The summed E-state index contributed by atoms with van der Waals surface area (Å²) in [6.07, 6.45) is 0.788. The van der Waals surface area contributed by atoms with Crippen molar-refractivity contribution in [3.63, 3.8) is 0 Å². The number of hydrogen-bond acceptors (Lipinski definition) is 6. The molecule has 0 saturated carbocycles. The number of anilines is 1. The number of carbonyl (C=O) groups excluding carboxylic acids is 3. The first-order chi connectivity index (χ1) is 13.8. The van der Waals surface area contributed by atoms with Gasteiger partial charge in [0, 0.05) is 11.3 Å². The summed E-state index contributed by atoms with van der Waals surface area (Å²) >= 11 is 6.18. The number of carbonyl (C=O) groups is 3. The Hall–Kier alpha value is -3.06. The maximum absolute atomic E-state index is 12.3. The Labute approximate surface area is 173 Å². The van der Waals surface area contributed by atoms with Crippen LogP contribution < -0.4 is 14.8 Å². The summed E-state index contributed by atoms with van der Waals surface area (Å²) < 4.78 is 15.8. The minimum Gasteiger partial charge on any atom is -0.493 e. The highest BCUT2D eigenvalue weighted by Crippen LogP contribution is 2.36. The van der Waals surface area contributed by atoms with Crippen LogP contribution in [0.3, 0.4) is 0 Å². The summed E-state index contributed by atoms with van der Waals surface area (Å²) in [7, 11) is 1.43. The van der Waals surface area contributed by atoms with Gasteiger partial charge in [-0.25, -0.2) is 4.79 Å². The van der Waals surface area contributed by atoms with Gasteiger partial charge in [0.1, 0.15) is 0 Å². The molecule has 0 aliphatic rings. The second-order valence-electron chi connectivity index (χ2n) is 6.10. The van der Waals surface area contributed by atoms with E-state index in [2.05, 4.69) is 5.32 Å². The number of rotatable bonds is 9. The van der Waals surface area contributed by atoms with Crippen LogP contribution in [0.5, 0.6) is 11.5 Å². The van der Waals surface area contributed by atoms with Crippen molar-refractivity contribution < 1.29 is 28.6 Å². The normalized spacial score (nSPS) is 10.2. The van der Waals surface area contributed by atoms with Gasteiger partial charge in [-0.05, 0) is 49.7 Å². The number of ketones is 1. The van der Waals surface area contributed by atoms with Crippen molar-refractivity contribution in [2.45, 2.75) is 20.3 Å². The van der Waals surface area contributed by atoms with Gasteiger partial charge in [-0.3, -0.25) is 9.59 Å². The lowest BCUT2D eigenvalue weighted by Crippen LogP contribution is -2.21. The second kappa shape index (κ2) is 10.5. The van der Waals surface area contributed by atoms with Crippen molar-refractivity contribution in [3.05, 3.63) is 52.5 Å². The Bertz CT molecular complexity index is 895. The fourth-order valence-corrected chi connectivity index (χ4v) is 2.65. The van der Waals surface area contributed by atoms with E-state index in [-0.39, 0.29) is 16.4 Å². The Balaban J connectivity index is 1.98. The number of halogens is 1. The first kappa shape index (κ1) is 22.2. The molecule has 1 N–H and O–H groups in total. The number of esters is 1. The fourth-order valence-electron chi connectivity index (χ4n) is 2.38. The molecule has 0 bridgehead atoms. The summed E-state index contributed by atoms with van der Waals surface area (Å²) in [6, 6.07) is 9.22. The van der Waals surface area contributed by atoms with Gasteiger partial charge in [-0.2, -0.15) is 0 Å². The van der Waals surface area contributed by atoms with E-state index < -0.39 is 18.5 Å². The van der Waals surface area contributed by atoms with Gasteiger partial charge in [0.15, 0.2) is 23.9 Å². The molecule has 1 amide bonds. The third kappa shape index (κ3) is 6.22. The lowest BCUT2D eigenvalue weighted by atomic mass is 10.1. The molecule has 0 saturated heterocycles.